The fourth-order valence-corrected chi connectivity index (χ4v) is 3.21. The highest BCUT2D eigenvalue weighted by Crippen LogP contribution is 2.26. The highest BCUT2D eigenvalue weighted by molar-refractivity contribution is 5.69. The number of rotatable bonds is 6. The van der Waals surface area contributed by atoms with Gasteiger partial charge in [-0.3, -0.25) is 4.79 Å². The SMILES string of the molecule is CCN1CC(CC(=O)OC)CC(NCC2CCC2)C1. The van der Waals surface area contributed by atoms with Crippen molar-refractivity contribution in [1.29, 1.82) is 0 Å². The van der Waals surface area contributed by atoms with Crippen LogP contribution in [0.2, 0.25) is 0 Å². The Labute approximate surface area is 116 Å². The molecule has 2 fully saturated rings. The van der Waals surface area contributed by atoms with Gasteiger partial charge in [0.05, 0.1) is 7.11 Å². The van der Waals surface area contributed by atoms with E-state index >= 15 is 0 Å². The van der Waals surface area contributed by atoms with Crippen molar-refractivity contribution in [2.45, 2.75) is 45.1 Å². The van der Waals surface area contributed by atoms with Gasteiger partial charge >= 0.3 is 5.97 Å². The van der Waals surface area contributed by atoms with Crippen LogP contribution < -0.4 is 5.32 Å². The van der Waals surface area contributed by atoms with E-state index in [4.69, 9.17) is 4.74 Å². The zero-order valence-corrected chi connectivity index (χ0v) is 12.4. The second kappa shape index (κ2) is 7.25. The molecule has 2 aliphatic rings. The van der Waals surface area contributed by atoms with Crippen molar-refractivity contribution in [2.75, 3.05) is 33.3 Å². The molecule has 4 nitrogen and oxygen atoms in total. The Kier molecular flexibility index (Phi) is 5.64. The molecule has 2 rings (SSSR count). The van der Waals surface area contributed by atoms with Crippen LogP contribution in [0.5, 0.6) is 0 Å². The predicted molar refractivity (Wildman–Crippen MR) is 76.0 cm³/mol. The summed E-state index contributed by atoms with van der Waals surface area (Å²) in [6, 6.07) is 0.545. The quantitative estimate of drug-likeness (QED) is 0.744. The summed E-state index contributed by atoms with van der Waals surface area (Å²) in [4.78, 5) is 13.9. The lowest BCUT2D eigenvalue weighted by Crippen LogP contribution is -2.50. The van der Waals surface area contributed by atoms with Crippen molar-refractivity contribution in [1.82, 2.24) is 10.2 Å². The summed E-state index contributed by atoms with van der Waals surface area (Å²) >= 11 is 0. The summed E-state index contributed by atoms with van der Waals surface area (Å²) in [5.41, 5.74) is 0. The molecule has 19 heavy (non-hydrogen) atoms. The molecule has 0 bridgehead atoms. The number of piperidine rings is 1. The van der Waals surface area contributed by atoms with E-state index in [0.717, 1.165) is 38.5 Å². The highest BCUT2D eigenvalue weighted by Gasteiger charge is 2.29. The molecule has 0 aromatic heterocycles. The number of ether oxygens (including phenoxy) is 1. The Balaban J connectivity index is 1.78. The van der Waals surface area contributed by atoms with Gasteiger partial charge in [0.2, 0.25) is 0 Å². The molecule has 0 aromatic rings. The van der Waals surface area contributed by atoms with E-state index in [9.17, 15) is 4.79 Å². The molecule has 1 aliphatic heterocycles. The highest BCUT2D eigenvalue weighted by atomic mass is 16.5. The van der Waals surface area contributed by atoms with Crippen LogP contribution in [0.4, 0.5) is 0 Å². The summed E-state index contributed by atoms with van der Waals surface area (Å²) in [6.07, 6.45) is 5.86. The largest absolute Gasteiger partial charge is 0.469 e. The first-order valence-corrected chi connectivity index (χ1v) is 7.73. The zero-order chi connectivity index (χ0) is 13.7. The maximum Gasteiger partial charge on any atom is 0.305 e. The van der Waals surface area contributed by atoms with E-state index < -0.39 is 0 Å². The smallest absolute Gasteiger partial charge is 0.305 e. The lowest BCUT2D eigenvalue weighted by atomic mass is 9.84. The number of hydrogen-bond donors (Lipinski definition) is 1. The zero-order valence-electron chi connectivity index (χ0n) is 12.4. The van der Waals surface area contributed by atoms with Gasteiger partial charge in [-0.05, 0) is 44.2 Å². The summed E-state index contributed by atoms with van der Waals surface area (Å²) in [5, 5.41) is 3.72. The van der Waals surface area contributed by atoms with Crippen LogP contribution in [0.1, 0.15) is 39.0 Å². The Bertz CT molecular complexity index is 292. The molecule has 1 saturated carbocycles. The number of hydrogen-bond acceptors (Lipinski definition) is 4. The molecular formula is C15H28N2O2. The minimum absolute atomic E-state index is 0.0688. The first kappa shape index (κ1) is 14.8. The Morgan fingerprint density at radius 1 is 1.32 bits per heavy atom. The molecule has 0 amide bonds. The van der Waals surface area contributed by atoms with Crippen molar-refractivity contribution in [2.24, 2.45) is 11.8 Å². The number of likely N-dealkylation sites (tertiary alicyclic amines) is 1. The topological polar surface area (TPSA) is 41.6 Å². The third kappa shape index (κ3) is 4.46. The van der Waals surface area contributed by atoms with Gasteiger partial charge in [0, 0.05) is 25.6 Å². The Hall–Kier alpha value is -0.610. The van der Waals surface area contributed by atoms with Crippen molar-refractivity contribution >= 4 is 5.97 Å². The fraction of sp³-hybridized carbons (Fsp3) is 0.933. The van der Waals surface area contributed by atoms with Crippen molar-refractivity contribution in [3.63, 3.8) is 0 Å². The normalized spacial score (nSPS) is 28.9. The molecule has 2 unspecified atom stereocenters. The van der Waals surface area contributed by atoms with Crippen molar-refractivity contribution in [3.05, 3.63) is 0 Å². The minimum atomic E-state index is -0.0688. The summed E-state index contributed by atoms with van der Waals surface area (Å²) < 4.78 is 4.80. The van der Waals surface area contributed by atoms with Gasteiger partial charge in [0.15, 0.2) is 0 Å². The van der Waals surface area contributed by atoms with Gasteiger partial charge in [-0.25, -0.2) is 0 Å². The molecule has 2 atom stereocenters. The first-order valence-electron chi connectivity index (χ1n) is 7.73. The van der Waals surface area contributed by atoms with Gasteiger partial charge in [0.1, 0.15) is 0 Å². The van der Waals surface area contributed by atoms with E-state index in [1.165, 1.54) is 26.4 Å². The Morgan fingerprint density at radius 2 is 2.11 bits per heavy atom. The van der Waals surface area contributed by atoms with Crippen LogP contribution in [-0.4, -0.2) is 50.2 Å². The van der Waals surface area contributed by atoms with E-state index in [1.807, 2.05) is 0 Å². The van der Waals surface area contributed by atoms with Crippen LogP contribution in [0, 0.1) is 11.8 Å². The second-order valence-electron chi connectivity index (χ2n) is 6.14. The minimum Gasteiger partial charge on any atom is -0.469 e. The lowest BCUT2D eigenvalue weighted by molar-refractivity contribution is -0.142. The van der Waals surface area contributed by atoms with E-state index in [1.54, 1.807) is 0 Å². The summed E-state index contributed by atoms with van der Waals surface area (Å²) in [7, 11) is 1.48. The maximum absolute atomic E-state index is 11.4. The van der Waals surface area contributed by atoms with Crippen LogP contribution in [0.25, 0.3) is 0 Å². The maximum atomic E-state index is 11.4. The fourth-order valence-electron chi connectivity index (χ4n) is 3.21. The molecule has 110 valence electrons. The summed E-state index contributed by atoms with van der Waals surface area (Å²) in [6.45, 7) is 6.59. The Morgan fingerprint density at radius 3 is 2.68 bits per heavy atom. The third-order valence-corrected chi connectivity index (χ3v) is 4.66. The van der Waals surface area contributed by atoms with Crippen LogP contribution >= 0.6 is 0 Å². The van der Waals surface area contributed by atoms with E-state index in [0.29, 0.717) is 18.4 Å². The molecule has 0 aromatic carbocycles. The second-order valence-corrected chi connectivity index (χ2v) is 6.14. The summed E-state index contributed by atoms with van der Waals surface area (Å²) in [5.74, 6) is 1.27. The number of methoxy groups -OCH3 is 1. The average Bonchev–Trinajstić information content (AvgIpc) is 2.36. The van der Waals surface area contributed by atoms with E-state index in [-0.39, 0.29) is 5.97 Å². The van der Waals surface area contributed by atoms with Gasteiger partial charge in [-0.2, -0.15) is 0 Å². The molecule has 4 heteroatoms. The van der Waals surface area contributed by atoms with Crippen molar-refractivity contribution in [3.8, 4) is 0 Å². The molecule has 0 radical (unpaired) electrons. The number of esters is 1. The van der Waals surface area contributed by atoms with Gasteiger partial charge in [-0.1, -0.05) is 13.3 Å². The molecule has 0 spiro atoms. The van der Waals surface area contributed by atoms with Crippen LogP contribution in [0.15, 0.2) is 0 Å². The van der Waals surface area contributed by atoms with Crippen LogP contribution in [0.3, 0.4) is 0 Å². The van der Waals surface area contributed by atoms with Crippen LogP contribution in [-0.2, 0) is 9.53 Å². The molecule has 1 heterocycles. The van der Waals surface area contributed by atoms with E-state index in [2.05, 4.69) is 17.1 Å². The molecule has 1 aliphatic carbocycles. The van der Waals surface area contributed by atoms with Gasteiger partial charge in [0.25, 0.3) is 0 Å². The average molecular weight is 268 g/mol. The third-order valence-electron chi connectivity index (χ3n) is 4.66. The number of nitrogens with zero attached hydrogens (tertiary/aromatic N) is 1. The standard InChI is InChI=1S/C15H28N2O2/c1-3-17-10-13(8-15(18)19-2)7-14(11-17)16-9-12-5-4-6-12/h12-14,16H,3-11H2,1-2H3. The van der Waals surface area contributed by atoms with Gasteiger partial charge in [-0.15, -0.1) is 0 Å². The monoisotopic (exact) mass is 268 g/mol. The number of carbonyl (C=O) groups is 1. The molecular weight excluding hydrogens is 240 g/mol. The first-order chi connectivity index (χ1) is 9.21. The number of nitrogens with one attached hydrogen (secondary N) is 1. The predicted octanol–water partition coefficient (Wildman–Crippen LogP) is 1.65. The number of carbonyl (C=O) groups excluding carboxylic acids is 1. The van der Waals surface area contributed by atoms with Crippen molar-refractivity contribution < 1.29 is 9.53 Å². The molecule has 1 saturated heterocycles. The number of likely N-dealkylation sites (N-methyl/N-ethyl adjacent to an activating group) is 1. The molecule has 1 N–H and O–H groups in total. The van der Waals surface area contributed by atoms with Gasteiger partial charge < -0.3 is 15.0 Å². The lowest BCUT2D eigenvalue weighted by Gasteiger charge is -2.38.